The summed E-state index contributed by atoms with van der Waals surface area (Å²) in [4.78, 5) is 26.1. The third-order valence-corrected chi connectivity index (χ3v) is 6.77. The average molecular weight is 466 g/mol. The van der Waals surface area contributed by atoms with Crippen molar-refractivity contribution in [2.75, 3.05) is 17.1 Å². The van der Waals surface area contributed by atoms with E-state index in [2.05, 4.69) is 10.0 Å². The van der Waals surface area contributed by atoms with Gasteiger partial charge in [-0.3, -0.25) is 14.3 Å². The van der Waals surface area contributed by atoms with Crippen molar-refractivity contribution in [1.29, 1.82) is 0 Å². The Hall–Kier alpha value is -3.65. The minimum atomic E-state index is -3.76. The van der Waals surface area contributed by atoms with Crippen LogP contribution in [0.3, 0.4) is 0 Å². The number of anilines is 2. The van der Waals surface area contributed by atoms with Crippen molar-refractivity contribution >= 4 is 33.2 Å². The quantitative estimate of drug-likeness (QED) is 0.543. The fraction of sp³-hybridized carbons (Fsp3) is 0.200. The Balaban J connectivity index is 1.74. The molecule has 2 amide bonds. The molecule has 0 unspecified atom stereocenters. The Labute approximate surface area is 194 Å². The molecule has 0 saturated heterocycles. The van der Waals surface area contributed by atoms with Gasteiger partial charge in [-0.2, -0.15) is 0 Å². The number of nitrogens with one attached hydrogen (secondary N) is 2. The van der Waals surface area contributed by atoms with Crippen LogP contribution in [0.2, 0.25) is 0 Å². The lowest BCUT2D eigenvalue weighted by Crippen LogP contribution is -2.24. The zero-order valence-electron chi connectivity index (χ0n) is 19.0. The van der Waals surface area contributed by atoms with Crippen LogP contribution >= 0.6 is 0 Å². The fourth-order valence-electron chi connectivity index (χ4n) is 3.24. The average Bonchev–Trinajstić information content (AvgIpc) is 2.76. The lowest BCUT2D eigenvalue weighted by atomic mass is 10.1. The van der Waals surface area contributed by atoms with Crippen LogP contribution in [-0.4, -0.2) is 32.2 Å². The molecule has 0 saturated carbocycles. The number of carbonyl (C=O) groups excluding carboxylic acids is 2. The molecule has 2 N–H and O–H groups in total. The van der Waals surface area contributed by atoms with Crippen LogP contribution in [0.4, 0.5) is 11.4 Å². The molecule has 8 heteroatoms. The topological polar surface area (TPSA) is 95.6 Å². The molecule has 3 rings (SSSR count). The van der Waals surface area contributed by atoms with E-state index in [1.54, 1.807) is 67.4 Å². The minimum absolute atomic E-state index is 0.0740. The molecule has 3 aromatic carbocycles. The number of sulfonamides is 1. The number of rotatable bonds is 7. The van der Waals surface area contributed by atoms with E-state index in [-0.39, 0.29) is 16.7 Å². The number of carbonyl (C=O) groups is 2. The van der Waals surface area contributed by atoms with E-state index in [1.807, 2.05) is 25.1 Å². The van der Waals surface area contributed by atoms with E-state index in [9.17, 15) is 18.0 Å². The second kappa shape index (κ2) is 9.87. The first-order chi connectivity index (χ1) is 15.6. The second-order valence-corrected chi connectivity index (χ2v) is 9.59. The van der Waals surface area contributed by atoms with Crippen LogP contribution in [0, 0.1) is 13.8 Å². The van der Waals surface area contributed by atoms with Crippen molar-refractivity contribution in [3.8, 4) is 0 Å². The fourth-order valence-corrected chi connectivity index (χ4v) is 4.63. The molecule has 0 bridgehead atoms. The van der Waals surface area contributed by atoms with Gasteiger partial charge in [0.1, 0.15) is 0 Å². The Morgan fingerprint density at radius 2 is 1.61 bits per heavy atom. The molecule has 0 aliphatic rings. The Morgan fingerprint density at radius 1 is 0.939 bits per heavy atom. The smallest absolute Gasteiger partial charge is 0.262 e. The standard InChI is InChI=1S/C25H27N3O4S/c1-17-9-10-18(2)24(15-17)33(31,32)27-22-13-11-20(12-14-22)25(30)26-23-8-6-5-7-21(23)16-28(4)19(3)29/h5-15,27H,16H2,1-4H3,(H,26,30). The first-order valence-corrected chi connectivity index (χ1v) is 11.9. The van der Waals surface area contributed by atoms with E-state index < -0.39 is 10.0 Å². The summed E-state index contributed by atoms with van der Waals surface area (Å²) in [6.07, 6.45) is 0. The third kappa shape index (κ3) is 5.98. The zero-order chi connectivity index (χ0) is 24.2. The van der Waals surface area contributed by atoms with Crippen molar-refractivity contribution in [2.45, 2.75) is 32.2 Å². The summed E-state index contributed by atoms with van der Waals surface area (Å²) < 4.78 is 28.1. The highest BCUT2D eigenvalue weighted by molar-refractivity contribution is 7.92. The third-order valence-electron chi connectivity index (χ3n) is 5.24. The van der Waals surface area contributed by atoms with Gasteiger partial charge in [0.05, 0.1) is 4.90 Å². The SMILES string of the molecule is CC(=O)N(C)Cc1ccccc1NC(=O)c1ccc(NS(=O)(=O)c2cc(C)ccc2C)cc1. The number of aryl methyl sites for hydroxylation is 2. The summed E-state index contributed by atoms with van der Waals surface area (Å²) in [5.74, 6) is -0.410. The molecule has 0 aliphatic heterocycles. The van der Waals surface area contributed by atoms with Crippen LogP contribution in [0.5, 0.6) is 0 Å². The van der Waals surface area contributed by atoms with E-state index in [0.717, 1.165) is 11.1 Å². The van der Waals surface area contributed by atoms with Crippen LogP contribution in [0.1, 0.15) is 34.0 Å². The molecular weight excluding hydrogens is 438 g/mol. The summed E-state index contributed by atoms with van der Waals surface area (Å²) >= 11 is 0. The minimum Gasteiger partial charge on any atom is -0.342 e. The molecule has 0 fully saturated rings. The summed E-state index contributed by atoms with van der Waals surface area (Å²) in [5, 5.41) is 2.86. The van der Waals surface area contributed by atoms with Gasteiger partial charge in [-0.25, -0.2) is 8.42 Å². The molecular formula is C25H27N3O4S. The van der Waals surface area contributed by atoms with Crippen molar-refractivity contribution in [2.24, 2.45) is 0 Å². The Kier molecular flexibility index (Phi) is 7.18. The summed E-state index contributed by atoms with van der Waals surface area (Å²) in [7, 11) is -2.06. The van der Waals surface area contributed by atoms with Gasteiger partial charge in [-0.05, 0) is 66.9 Å². The number of hydrogen-bond acceptors (Lipinski definition) is 4. The monoisotopic (exact) mass is 465 g/mol. The highest BCUT2D eigenvalue weighted by Gasteiger charge is 2.18. The molecule has 3 aromatic rings. The van der Waals surface area contributed by atoms with Gasteiger partial charge in [0.15, 0.2) is 0 Å². The summed E-state index contributed by atoms with van der Waals surface area (Å²) in [6, 6.07) is 18.7. The number of amides is 2. The van der Waals surface area contributed by atoms with Gasteiger partial charge >= 0.3 is 0 Å². The predicted molar refractivity (Wildman–Crippen MR) is 130 cm³/mol. The molecule has 172 valence electrons. The molecule has 7 nitrogen and oxygen atoms in total. The summed E-state index contributed by atoms with van der Waals surface area (Å²) in [5.41, 5.74) is 3.65. The van der Waals surface area contributed by atoms with Gasteiger partial charge in [0.25, 0.3) is 15.9 Å². The lowest BCUT2D eigenvalue weighted by Gasteiger charge is -2.18. The second-order valence-electron chi connectivity index (χ2n) is 7.94. The van der Waals surface area contributed by atoms with E-state index in [1.165, 1.54) is 6.92 Å². The highest BCUT2D eigenvalue weighted by atomic mass is 32.2. The van der Waals surface area contributed by atoms with Crippen molar-refractivity contribution in [1.82, 2.24) is 4.90 Å². The Bertz CT molecular complexity index is 1290. The first kappa shape index (κ1) is 24.0. The van der Waals surface area contributed by atoms with Crippen molar-refractivity contribution in [3.05, 3.63) is 89.0 Å². The van der Waals surface area contributed by atoms with Crippen LogP contribution in [-0.2, 0) is 21.4 Å². The lowest BCUT2D eigenvalue weighted by molar-refractivity contribution is -0.128. The molecule has 33 heavy (non-hydrogen) atoms. The van der Waals surface area contributed by atoms with Gasteiger partial charge < -0.3 is 10.2 Å². The van der Waals surface area contributed by atoms with Gasteiger partial charge in [-0.15, -0.1) is 0 Å². The normalized spacial score (nSPS) is 11.0. The van der Waals surface area contributed by atoms with E-state index in [4.69, 9.17) is 0 Å². The van der Waals surface area contributed by atoms with E-state index in [0.29, 0.717) is 29.0 Å². The molecule has 0 radical (unpaired) electrons. The largest absolute Gasteiger partial charge is 0.342 e. The highest BCUT2D eigenvalue weighted by Crippen LogP contribution is 2.22. The zero-order valence-corrected chi connectivity index (χ0v) is 19.9. The van der Waals surface area contributed by atoms with Gasteiger partial charge in [0, 0.05) is 37.5 Å². The molecule has 0 spiro atoms. The first-order valence-electron chi connectivity index (χ1n) is 10.4. The van der Waals surface area contributed by atoms with Gasteiger partial charge in [0.2, 0.25) is 5.91 Å². The van der Waals surface area contributed by atoms with E-state index >= 15 is 0 Å². The molecule has 0 heterocycles. The Morgan fingerprint density at radius 3 is 2.27 bits per heavy atom. The molecule has 0 aliphatic carbocycles. The maximum Gasteiger partial charge on any atom is 0.262 e. The number of hydrogen-bond donors (Lipinski definition) is 2. The van der Waals surface area contributed by atoms with Crippen molar-refractivity contribution in [3.63, 3.8) is 0 Å². The molecule has 0 atom stereocenters. The maximum absolute atomic E-state index is 12.8. The predicted octanol–water partition coefficient (Wildman–Crippen LogP) is 4.33. The summed E-state index contributed by atoms with van der Waals surface area (Å²) in [6.45, 7) is 5.43. The number of benzene rings is 3. The van der Waals surface area contributed by atoms with Crippen LogP contribution < -0.4 is 10.0 Å². The van der Waals surface area contributed by atoms with Crippen molar-refractivity contribution < 1.29 is 18.0 Å². The van der Waals surface area contributed by atoms with Gasteiger partial charge in [-0.1, -0.05) is 30.3 Å². The van der Waals surface area contributed by atoms with Crippen LogP contribution in [0.15, 0.2) is 71.6 Å². The van der Waals surface area contributed by atoms with Crippen LogP contribution in [0.25, 0.3) is 0 Å². The maximum atomic E-state index is 12.8. The number of para-hydroxylation sites is 1. The number of nitrogens with zero attached hydrogens (tertiary/aromatic N) is 1. The molecule has 0 aromatic heterocycles.